The number of ether oxygens (including phenoxy) is 4. The number of aliphatic hydroxyl groups is 7. The maximum atomic E-state index is 13.8. The molecule has 4 heterocycles. The summed E-state index contributed by atoms with van der Waals surface area (Å²) in [7, 11) is 5.49. The Morgan fingerprint density at radius 2 is 1.77 bits per heavy atom. The maximum Gasteiger partial charge on any atom is 0.306 e. The Morgan fingerprint density at radius 1 is 0.924 bits per heavy atom. The number of furan rings is 1. The molecule has 3 spiro atoms. The monoisotopic (exact) mass is 1140 g/mol. The van der Waals surface area contributed by atoms with E-state index in [9.17, 15) is 40.5 Å². The van der Waals surface area contributed by atoms with Gasteiger partial charge in [-0.3, -0.25) is 4.79 Å². The molecule has 1 aromatic heterocycles. The van der Waals surface area contributed by atoms with Gasteiger partial charge >= 0.3 is 5.97 Å². The molecular formula is C62H96N2O13S2. The van der Waals surface area contributed by atoms with Gasteiger partial charge in [-0.2, -0.15) is 0 Å². The van der Waals surface area contributed by atoms with Crippen LogP contribution in [0.25, 0.3) is 11.0 Å². The molecule has 444 valence electrons. The summed E-state index contributed by atoms with van der Waals surface area (Å²) in [4.78, 5) is 13.1. The molecule has 0 radical (unpaired) electrons. The lowest BCUT2D eigenvalue weighted by molar-refractivity contribution is -0.424. The fourth-order valence-corrected chi connectivity index (χ4v) is 21.8. The zero-order valence-corrected chi connectivity index (χ0v) is 49.4. The van der Waals surface area contributed by atoms with Crippen molar-refractivity contribution in [2.75, 3.05) is 45.7 Å². The third kappa shape index (κ3) is 11.2. The van der Waals surface area contributed by atoms with Crippen molar-refractivity contribution in [3.63, 3.8) is 0 Å². The Morgan fingerprint density at radius 3 is 2.57 bits per heavy atom. The summed E-state index contributed by atoms with van der Waals surface area (Å²) >= 11 is 0. The molecule has 15 nitrogen and oxygen atoms in total. The first-order chi connectivity index (χ1) is 38.0. The highest BCUT2D eigenvalue weighted by Crippen LogP contribution is 2.69. The van der Waals surface area contributed by atoms with Crippen LogP contribution < -0.4 is 20.1 Å². The van der Waals surface area contributed by atoms with Crippen LogP contribution in [0.2, 0.25) is 0 Å². The number of hydrogen-bond acceptors (Lipinski definition) is 17. The summed E-state index contributed by atoms with van der Waals surface area (Å²) in [5.41, 5.74) is -6.54. The molecule has 0 unspecified atom stereocenters. The quantitative estimate of drug-likeness (QED) is 0.0373. The van der Waals surface area contributed by atoms with Gasteiger partial charge < -0.3 is 69.7 Å². The van der Waals surface area contributed by atoms with Crippen LogP contribution in [0.5, 0.6) is 11.5 Å². The average Bonchev–Trinajstić information content (AvgIpc) is 2.26. The number of aliphatic hydroxyl groups excluding tert-OH is 4. The minimum absolute atomic E-state index is 0.00275. The minimum Gasteiger partial charge on any atom is -0.485 e. The third-order valence-electron chi connectivity index (χ3n) is 21.5. The van der Waals surface area contributed by atoms with Crippen LogP contribution in [0.3, 0.4) is 0 Å². The van der Waals surface area contributed by atoms with Crippen LogP contribution in [0, 0.1) is 46.8 Å². The number of esters is 1. The molecule has 5 bridgehead atoms. The number of rotatable bonds is 14. The first-order valence-electron chi connectivity index (χ1n) is 30.9. The van der Waals surface area contributed by atoms with E-state index >= 15 is 0 Å². The number of nitrogens with one attached hydrogen (secondary N) is 2. The predicted molar refractivity (Wildman–Crippen MR) is 308 cm³/mol. The standard InChI is InChI=1S/C62H96N2O13S2/c1-5-7-8-12-40-13-10-24-58(70,34-40)26-22-47-57(25-21-41(33-57)36-63-4)27-28-59(47)48-19-15-39(3)11-9-14-49(67)61(38-78-79-59)60(71)35-44-16-18-46(66)45(37-65)51(44)62(72,55(60)69)56(77-61)76-53-42(17-20-50(68)73-6-2)32-43-23-30-74-52(43)54(53)75-31-29-64-48/h16,18,23,30,32,39-41,44-49,51,55-56,63-67,69-72H,5-15,17,19-22,24-29,31,33-38H2,1-4H3/t39-,40+,41-,44+,45-,46+,47-,48+,49-,51+,55+,56-,57+,58+,59+,60+,61-,62-/m1/s1. The molecule has 5 aliphatic carbocycles. The number of hydrogen-bond donors (Lipinski definition) is 9. The van der Waals surface area contributed by atoms with Crippen molar-refractivity contribution in [1.82, 2.24) is 10.6 Å². The highest BCUT2D eigenvalue weighted by molar-refractivity contribution is 8.77. The summed E-state index contributed by atoms with van der Waals surface area (Å²) in [5, 5.41) is 97.8. The van der Waals surface area contributed by atoms with Crippen LogP contribution in [0.1, 0.15) is 168 Å². The van der Waals surface area contributed by atoms with E-state index in [0.29, 0.717) is 47.3 Å². The van der Waals surface area contributed by atoms with Gasteiger partial charge in [-0.25, -0.2) is 0 Å². The number of fused-ring (bicyclic) bond motifs is 11. The third-order valence-corrected chi connectivity index (χ3v) is 24.9. The van der Waals surface area contributed by atoms with Crippen molar-refractivity contribution in [1.29, 1.82) is 0 Å². The molecule has 8 aliphatic rings. The summed E-state index contributed by atoms with van der Waals surface area (Å²) < 4.78 is 32.7. The Hall–Kier alpha value is -2.13. The Balaban J connectivity index is 1.13. The summed E-state index contributed by atoms with van der Waals surface area (Å²) in [6.45, 7) is 7.56. The zero-order chi connectivity index (χ0) is 55.8. The van der Waals surface area contributed by atoms with Gasteiger partial charge in [-0.1, -0.05) is 99.0 Å². The number of unbranched alkanes of at least 4 members (excludes halogenated alkanes) is 2. The second-order valence-electron chi connectivity index (χ2n) is 26.2. The Bertz CT molecular complexity index is 2410. The fraction of sp³-hybridized carbons (Fsp3) is 0.823. The van der Waals surface area contributed by atoms with Crippen molar-refractivity contribution < 1.29 is 63.9 Å². The van der Waals surface area contributed by atoms with E-state index in [1.165, 1.54) is 32.1 Å². The number of carbonyl (C=O) groups is 1. The first kappa shape index (κ1) is 60.0. The molecule has 6 fully saturated rings. The zero-order valence-electron chi connectivity index (χ0n) is 47.7. The number of benzene rings is 1. The number of carbonyl (C=O) groups excluding carboxylic acids is 1. The van der Waals surface area contributed by atoms with Gasteiger partial charge in [0.2, 0.25) is 12.0 Å². The topological polar surface area (TPSA) is 233 Å². The van der Waals surface area contributed by atoms with Gasteiger partial charge in [-0.15, -0.1) is 0 Å². The Kier molecular flexibility index (Phi) is 18.9. The highest BCUT2D eigenvalue weighted by Gasteiger charge is 2.78. The molecule has 2 saturated heterocycles. The lowest BCUT2D eigenvalue weighted by Gasteiger charge is -2.67. The fourth-order valence-electron chi connectivity index (χ4n) is 17.5. The second-order valence-corrected chi connectivity index (χ2v) is 28.9. The van der Waals surface area contributed by atoms with Gasteiger partial charge in [0, 0.05) is 53.3 Å². The largest absolute Gasteiger partial charge is 0.485 e. The van der Waals surface area contributed by atoms with Crippen LogP contribution in [-0.2, 0) is 20.7 Å². The van der Waals surface area contributed by atoms with E-state index in [1.807, 2.05) is 22.9 Å². The molecule has 3 aliphatic heterocycles. The van der Waals surface area contributed by atoms with E-state index in [0.717, 1.165) is 90.0 Å². The van der Waals surface area contributed by atoms with E-state index in [4.69, 9.17) is 23.4 Å². The first-order valence-corrected chi connectivity index (χ1v) is 33.2. The van der Waals surface area contributed by atoms with E-state index in [1.54, 1.807) is 36.1 Å². The summed E-state index contributed by atoms with van der Waals surface area (Å²) in [5.74, 6) is -1.30. The lowest BCUT2D eigenvalue weighted by atomic mass is 9.50. The molecule has 9 N–H and O–H groups in total. The van der Waals surface area contributed by atoms with Crippen LogP contribution >= 0.6 is 21.6 Å². The summed E-state index contributed by atoms with van der Waals surface area (Å²) in [6.07, 6.45) is 17.7. The molecule has 17 heteroatoms. The summed E-state index contributed by atoms with van der Waals surface area (Å²) in [6, 6.07) is 3.66. The molecule has 18 atom stereocenters. The van der Waals surface area contributed by atoms with Crippen LogP contribution in [0.4, 0.5) is 0 Å². The molecule has 4 saturated carbocycles. The SMILES string of the molecule is CCCCC[C@H]1CCC[C@](O)(CC[C@@H]2[C@@]3(CC[C@@H](CNC)C3)CC[C@]23SSC[C@@]24O[C@@H](Oc5c(CCC(=O)OCC)cc6ccoc6c5OCCN[C@H]3CC[C@H](C)CCC[C@H]2O)[C@@]2(O)[C@@H]3[C@H](CO)[C@@H](O)C=C[C@H]3C[C@]4(O)[C@@H]2O)C1. The van der Waals surface area contributed by atoms with Gasteiger partial charge in [0.25, 0.3) is 0 Å². The highest BCUT2D eigenvalue weighted by atomic mass is 33.1. The van der Waals surface area contributed by atoms with Gasteiger partial charge in [0.15, 0.2) is 16.9 Å². The van der Waals surface area contributed by atoms with Gasteiger partial charge in [0.1, 0.15) is 23.9 Å². The number of allylic oxidation sites excluding steroid dienone is 1. The number of aryl methyl sites for hydroxylation is 1. The maximum absolute atomic E-state index is 13.8. The van der Waals surface area contributed by atoms with Crippen molar-refractivity contribution in [3.8, 4) is 11.5 Å². The van der Waals surface area contributed by atoms with Crippen molar-refractivity contribution in [2.45, 2.75) is 226 Å². The van der Waals surface area contributed by atoms with E-state index < -0.39 is 82.1 Å². The predicted octanol–water partition coefficient (Wildman–Crippen LogP) is 8.53. The molecule has 2 aromatic rings. The normalized spacial score (nSPS) is 42.6. The molecule has 1 aromatic carbocycles. The van der Waals surface area contributed by atoms with Crippen molar-refractivity contribution in [3.05, 3.63) is 36.1 Å². The molecular weight excluding hydrogens is 1040 g/mol. The van der Waals surface area contributed by atoms with E-state index in [-0.39, 0.29) is 73.5 Å². The van der Waals surface area contributed by atoms with Crippen LogP contribution in [-0.4, -0.2) is 145 Å². The van der Waals surface area contributed by atoms with Crippen molar-refractivity contribution >= 4 is 38.5 Å². The van der Waals surface area contributed by atoms with Crippen molar-refractivity contribution in [2.24, 2.45) is 46.8 Å². The molecule has 79 heavy (non-hydrogen) atoms. The minimum atomic E-state index is -2.49. The second kappa shape index (κ2) is 24.8. The smallest absolute Gasteiger partial charge is 0.306 e. The molecule has 0 amide bonds. The van der Waals surface area contributed by atoms with Gasteiger partial charge in [0.05, 0.1) is 30.7 Å². The van der Waals surface area contributed by atoms with Crippen LogP contribution in [0.15, 0.2) is 35.0 Å². The molecule has 10 rings (SSSR count). The average molecular weight is 1140 g/mol. The van der Waals surface area contributed by atoms with E-state index in [2.05, 4.69) is 31.5 Å². The lowest BCUT2D eigenvalue weighted by Crippen LogP contribution is -2.86. The Labute approximate surface area is 477 Å². The van der Waals surface area contributed by atoms with Gasteiger partial charge in [-0.05, 0) is 163 Å².